The fourth-order valence-corrected chi connectivity index (χ4v) is 9.87. The topological polar surface area (TPSA) is 57.2 Å². The summed E-state index contributed by atoms with van der Waals surface area (Å²) < 4.78 is 23.2. The second-order valence-electron chi connectivity index (χ2n) is 7.91. The molecule has 0 saturated carbocycles. The van der Waals surface area contributed by atoms with Crippen LogP contribution in [0.1, 0.15) is 0 Å². The van der Waals surface area contributed by atoms with Crippen LogP contribution < -0.4 is 42.9 Å². The van der Waals surface area contributed by atoms with E-state index in [-0.39, 0.29) is 29.0 Å². The van der Waals surface area contributed by atoms with Gasteiger partial charge in [-0.3, -0.25) is 0 Å². The predicted molar refractivity (Wildman–Crippen MR) is 145 cm³/mol. The minimum absolute atomic E-state index is 0. The van der Waals surface area contributed by atoms with Crippen molar-refractivity contribution in [3.05, 3.63) is 109 Å². The Hall–Kier alpha value is -2.51. The van der Waals surface area contributed by atoms with Gasteiger partial charge in [0, 0.05) is 27.4 Å². The van der Waals surface area contributed by atoms with E-state index >= 15 is 0 Å². The lowest BCUT2D eigenvalue weighted by atomic mass is 10.3. The highest BCUT2D eigenvalue weighted by Gasteiger charge is 2.50. The van der Waals surface area contributed by atoms with Gasteiger partial charge in [-0.2, -0.15) is 0 Å². The number of hydrogen-bond acceptors (Lipinski definition) is 5. The Bertz CT molecular complexity index is 1120. The van der Waals surface area contributed by atoms with Crippen LogP contribution in [0.25, 0.3) is 0 Å². The van der Waals surface area contributed by atoms with E-state index < -0.39 is 16.1 Å². The number of rotatable bonds is 10. The van der Waals surface area contributed by atoms with Crippen molar-refractivity contribution < 1.29 is 40.1 Å². The van der Waals surface area contributed by atoms with E-state index in [4.69, 9.17) is 18.0 Å². The van der Waals surface area contributed by atoms with Gasteiger partial charge in [0.2, 0.25) is 0 Å². The largest absolute Gasteiger partial charge is 1.00 e. The van der Waals surface area contributed by atoms with Gasteiger partial charge in [0.25, 0.3) is 0 Å². The molecule has 0 saturated heterocycles. The number of hydrogen-bond donors (Lipinski definition) is 1. The number of halogens is 1. The van der Waals surface area contributed by atoms with Gasteiger partial charge in [-0.05, 0) is 48.5 Å². The third-order valence-corrected chi connectivity index (χ3v) is 12.7. The molecule has 0 bridgehead atoms. The maximum atomic E-state index is 10.7. The maximum Gasteiger partial charge on any atom is 0.539 e. The summed E-state index contributed by atoms with van der Waals surface area (Å²) in [6.07, 6.45) is 0.132. The molecule has 0 aliphatic rings. The first-order chi connectivity index (χ1) is 17.1. The molecule has 0 aliphatic carbocycles. The highest BCUT2D eigenvalue weighted by molar-refractivity contribution is 8.01. The van der Waals surface area contributed by atoms with Gasteiger partial charge in [0.1, 0.15) is 28.9 Å². The van der Waals surface area contributed by atoms with Gasteiger partial charge < -0.3 is 40.1 Å². The Kier molecular flexibility index (Phi) is 9.85. The van der Waals surface area contributed by atoms with E-state index in [0.29, 0.717) is 5.75 Å². The first kappa shape index (κ1) is 28.1. The van der Waals surface area contributed by atoms with Crippen LogP contribution in [0.4, 0.5) is 0 Å². The van der Waals surface area contributed by atoms with E-state index in [1.54, 1.807) is 27.4 Å². The molecule has 0 amide bonds. The molecule has 0 unspecified atom stereocenters. The van der Waals surface area contributed by atoms with Crippen molar-refractivity contribution in [2.75, 3.05) is 27.6 Å². The van der Waals surface area contributed by atoms with Crippen LogP contribution in [0.2, 0.25) is 0 Å². The normalized spacial score (nSPS) is 11.5. The Morgan fingerprint density at radius 3 is 1.44 bits per heavy atom. The molecule has 0 atom stereocenters. The van der Waals surface area contributed by atoms with E-state index in [1.165, 1.54) is 0 Å². The smallest absolute Gasteiger partial charge is 0.539 e. The SMILES string of the molecule is CO[Si](COc1ccc(O)cc1[P+](c1ccccc1)(c1ccccc1)c1ccccc1)(OC)OC.[Br-]. The molecule has 188 valence electrons. The quantitative estimate of drug-likeness (QED) is 0.221. The molecular formula is C28H30BrO5PSi. The molecule has 0 aromatic heterocycles. The lowest BCUT2D eigenvalue weighted by Crippen LogP contribution is -3.00. The summed E-state index contributed by atoms with van der Waals surface area (Å²) in [5, 5.41) is 15.1. The number of benzene rings is 4. The second-order valence-corrected chi connectivity index (χ2v) is 14.2. The Balaban J connectivity index is 0.00000361. The van der Waals surface area contributed by atoms with Crippen LogP contribution >= 0.6 is 7.26 Å². The fraction of sp³-hybridized carbons (Fsp3) is 0.143. The van der Waals surface area contributed by atoms with Crippen molar-refractivity contribution in [2.45, 2.75) is 0 Å². The minimum atomic E-state index is -3.01. The zero-order chi connectivity index (χ0) is 24.7. The molecule has 0 fully saturated rings. The molecule has 8 heteroatoms. The van der Waals surface area contributed by atoms with Gasteiger partial charge >= 0.3 is 8.80 Å². The summed E-state index contributed by atoms with van der Waals surface area (Å²) in [7, 11) is -0.781. The highest BCUT2D eigenvalue weighted by atomic mass is 79.9. The van der Waals surface area contributed by atoms with Gasteiger partial charge in [-0.15, -0.1) is 0 Å². The van der Waals surface area contributed by atoms with Gasteiger partial charge in [-0.1, -0.05) is 54.6 Å². The summed E-state index contributed by atoms with van der Waals surface area (Å²) in [5.41, 5.74) is 0. The Morgan fingerprint density at radius 2 is 1.06 bits per heavy atom. The van der Waals surface area contributed by atoms with E-state index in [0.717, 1.165) is 21.2 Å². The zero-order valence-corrected chi connectivity index (χ0v) is 24.0. The van der Waals surface area contributed by atoms with Crippen molar-refractivity contribution in [3.63, 3.8) is 0 Å². The molecule has 4 rings (SSSR count). The fourth-order valence-electron chi connectivity index (χ4n) is 4.30. The number of aromatic hydroxyl groups is 1. The third-order valence-electron chi connectivity index (χ3n) is 6.07. The van der Waals surface area contributed by atoms with Gasteiger partial charge in [0.15, 0.2) is 17.3 Å². The number of phenolic OH excluding ortho intramolecular Hbond substituents is 1. The third kappa shape index (κ3) is 5.42. The zero-order valence-electron chi connectivity index (χ0n) is 20.5. The summed E-state index contributed by atoms with van der Waals surface area (Å²) >= 11 is 0. The van der Waals surface area contributed by atoms with Crippen LogP contribution in [-0.2, 0) is 13.3 Å². The van der Waals surface area contributed by atoms with Crippen LogP contribution in [0.5, 0.6) is 11.5 Å². The molecule has 0 aliphatic heterocycles. The Labute approximate surface area is 225 Å². The molecule has 4 aromatic carbocycles. The molecule has 4 aromatic rings. The number of ether oxygens (including phenoxy) is 1. The van der Waals surface area contributed by atoms with Crippen molar-refractivity contribution in [2.24, 2.45) is 0 Å². The maximum absolute atomic E-state index is 10.7. The molecular weight excluding hydrogens is 555 g/mol. The summed E-state index contributed by atoms with van der Waals surface area (Å²) in [6, 6.07) is 36.6. The highest BCUT2D eigenvalue weighted by Crippen LogP contribution is 2.56. The average molecular weight is 586 g/mol. The lowest BCUT2D eigenvalue weighted by molar-refractivity contribution is -0.0000123. The first-order valence-corrected chi connectivity index (χ1v) is 15.0. The van der Waals surface area contributed by atoms with Crippen molar-refractivity contribution >= 4 is 37.3 Å². The van der Waals surface area contributed by atoms with Crippen LogP contribution in [0.3, 0.4) is 0 Å². The van der Waals surface area contributed by atoms with Crippen LogP contribution in [0, 0.1) is 0 Å². The molecule has 0 heterocycles. The summed E-state index contributed by atoms with van der Waals surface area (Å²) in [5.74, 6) is 0.823. The standard InChI is InChI=1S/C28H29O5PSi.BrH/c1-30-35(31-2,32-3)22-33-27-20-19-23(29)21-28(27)34(24-13-7-4-8-14-24,25-15-9-5-10-16-25)26-17-11-6-12-18-26;/h4-21H,22H2,1-3H3;1H. The van der Waals surface area contributed by atoms with Crippen molar-refractivity contribution in [3.8, 4) is 11.5 Å². The van der Waals surface area contributed by atoms with Crippen LogP contribution in [0.15, 0.2) is 109 Å². The second kappa shape index (κ2) is 12.6. The average Bonchev–Trinajstić information content (AvgIpc) is 2.93. The molecule has 0 radical (unpaired) electrons. The monoisotopic (exact) mass is 584 g/mol. The van der Waals surface area contributed by atoms with Crippen molar-refractivity contribution in [1.82, 2.24) is 0 Å². The summed E-state index contributed by atoms with van der Waals surface area (Å²) in [6.45, 7) is 0. The minimum Gasteiger partial charge on any atom is -1.00 e. The van der Waals surface area contributed by atoms with Gasteiger partial charge in [0.05, 0.1) is 0 Å². The van der Waals surface area contributed by atoms with E-state index in [1.807, 2.05) is 30.3 Å². The Morgan fingerprint density at radius 1 is 0.639 bits per heavy atom. The lowest BCUT2D eigenvalue weighted by Gasteiger charge is -2.30. The van der Waals surface area contributed by atoms with Crippen molar-refractivity contribution in [1.29, 1.82) is 0 Å². The van der Waals surface area contributed by atoms with Crippen LogP contribution in [-0.4, -0.2) is 41.5 Å². The summed E-state index contributed by atoms with van der Waals surface area (Å²) in [4.78, 5) is 0. The number of phenols is 1. The molecule has 36 heavy (non-hydrogen) atoms. The van der Waals surface area contributed by atoms with E-state index in [2.05, 4.69) is 72.8 Å². The molecule has 5 nitrogen and oxygen atoms in total. The van der Waals surface area contributed by atoms with Gasteiger partial charge in [-0.25, -0.2) is 0 Å². The van der Waals surface area contributed by atoms with E-state index in [9.17, 15) is 5.11 Å². The first-order valence-electron chi connectivity index (χ1n) is 11.3. The molecule has 0 spiro atoms. The predicted octanol–water partition coefficient (Wildman–Crippen LogP) is 0.812. The molecule has 1 N–H and O–H groups in total.